The summed E-state index contributed by atoms with van der Waals surface area (Å²) in [6.45, 7) is 6.27. The molecule has 24 nitrogen and oxygen atoms in total. The van der Waals surface area contributed by atoms with Crippen LogP contribution in [0.3, 0.4) is 0 Å². The van der Waals surface area contributed by atoms with Gasteiger partial charge in [-0.2, -0.15) is 13.7 Å². The van der Waals surface area contributed by atoms with Crippen LogP contribution in [0.5, 0.6) is 5.75 Å². The van der Waals surface area contributed by atoms with Gasteiger partial charge in [-0.05, 0) is 114 Å². The highest BCUT2D eigenvalue weighted by Gasteiger charge is 2.43. The summed E-state index contributed by atoms with van der Waals surface area (Å²) in [6.07, 6.45) is 4.00. The molecule has 7 unspecified atom stereocenters. The zero-order chi connectivity index (χ0) is 54.1. The molecule has 74 heavy (non-hydrogen) atoms. The molecule has 1 aromatic carbocycles. The topological polar surface area (TPSA) is 350 Å². The molecule has 8 amide bonds. The number of benzene rings is 1. The molecule has 0 aromatic heterocycles. The summed E-state index contributed by atoms with van der Waals surface area (Å²) in [6, 6.07) is 1.31. The number of carbonyl (C=O) groups excluding carboxylic acids is 8. The minimum absolute atomic E-state index is 0.00881. The molecule has 25 heteroatoms. The van der Waals surface area contributed by atoms with Gasteiger partial charge in [0.2, 0.25) is 41.4 Å². The van der Waals surface area contributed by atoms with Crippen LogP contribution in [0.25, 0.3) is 0 Å². The number of carbonyl (C=O) groups is 8. The Balaban J connectivity index is 1.22. The predicted molar refractivity (Wildman–Crippen MR) is 269 cm³/mol. The van der Waals surface area contributed by atoms with Crippen molar-refractivity contribution in [3.63, 3.8) is 0 Å². The number of hydrogen-bond acceptors (Lipinski definition) is 15. The molecule has 4 aliphatic rings. The summed E-state index contributed by atoms with van der Waals surface area (Å²) in [5.74, 6) is -5.42. The second-order valence-corrected chi connectivity index (χ2v) is 21.5. The quantitative estimate of drug-likeness (QED) is 0.0493. The highest BCUT2D eigenvalue weighted by molar-refractivity contribution is 7.87. The number of nitrogens with two attached hydrogens (primary N) is 1. The lowest BCUT2D eigenvalue weighted by atomic mass is 9.86. The first-order valence-corrected chi connectivity index (χ1v) is 27.2. The van der Waals surface area contributed by atoms with Crippen LogP contribution in [0, 0.1) is 47.8 Å². The van der Waals surface area contributed by atoms with E-state index in [1.54, 1.807) is 21.1 Å². The molecule has 10 atom stereocenters. The third-order valence-corrected chi connectivity index (χ3v) is 15.6. The van der Waals surface area contributed by atoms with Crippen molar-refractivity contribution in [2.45, 2.75) is 147 Å². The summed E-state index contributed by atoms with van der Waals surface area (Å²) in [5, 5.41) is 29.4. The van der Waals surface area contributed by atoms with E-state index in [1.807, 2.05) is 42.8 Å². The molecule has 5 rings (SSSR count). The van der Waals surface area contributed by atoms with Crippen molar-refractivity contribution in [3.05, 3.63) is 29.3 Å². The Hall–Kier alpha value is -6.10. The molecule has 0 radical (unpaired) electrons. The number of nitrogens with zero attached hydrogens (tertiary/aromatic N) is 2. The molecule has 3 aliphatic heterocycles. The van der Waals surface area contributed by atoms with Gasteiger partial charge in [0.05, 0.1) is 25.7 Å². The van der Waals surface area contributed by atoms with E-state index in [4.69, 9.17) is 15.2 Å². The third kappa shape index (κ3) is 17.0. The van der Waals surface area contributed by atoms with Crippen molar-refractivity contribution >= 4 is 57.7 Å². The van der Waals surface area contributed by atoms with Crippen molar-refractivity contribution in [1.82, 2.24) is 51.8 Å². The van der Waals surface area contributed by atoms with E-state index in [9.17, 15) is 52.0 Å². The van der Waals surface area contributed by atoms with Crippen molar-refractivity contribution in [1.29, 1.82) is 5.26 Å². The van der Waals surface area contributed by atoms with E-state index in [0.29, 0.717) is 42.5 Å². The van der Waals surface area contributed by atoms with Crippen LogP contribution in [0.1, 0.15) is 108 Å². The van der Waals surface area contributed by atoms with Gasteiger partial charge in [0.15, 0.2) is 0 Å². The summed E-state index contributed by atoms with van der Waals surface area (Å²) in [5.41, 5.74) is 10.0. The minimum atomic E-state index is -4.76. The molecule has 410 valence electrons. The summed E-state index contributed by atoms with van der Waals surface area (Å²) in [4.78, 5) is 106. The van der Waals surface area contributed by atoms with Crippen LogP contribution in [0.2, 0.25) is 0 Å². The van der Waals surface area contributed by atoms with Gasteiger partial charge >= 0.3 is 16.3 Å². The average Bonchev–Trinajstić information content (AvgIpc) is 3.85. The highest BCUT2D eigenvalue weighted by atomic mass is 32.2. The maximum Gasteiger partial charge on any atom is 0.421 e. The maximum absolute atomic E-state index is 14.5. The first-order chi connectivity index (χ1) is 35.3. The summed E-state index contributed by atoms with van der Waals surface area (Å²) < 4.78 is 40.4. The fraction of sp³-hybridized carbons (Fsp3) is 0.694. The number of hydrazine groups is 1. The van der Waals surface area contributed by atoms with Gasteiger partial charge in [-0.25, -0.2) is 14.9 Å². The lowest BCUT2D eigenvalue weighted by molar-refractivity contribution is -0.134. The van der Waals surface area contributed by atoms with Gasteiger partial charge < -0.3 is 52.4 Å². The predicted octanol–water partition coefficient (Wildman–Crippen LogP) is -0.293. The molecule has 0 bridgehead atoms. The Kier molecular flexibility index (Phi) is 22.2. The first kappa shape index (κ1) is 58.8. The van der Waals surface area contributed by atoms with E-state index in [2.05, 4.69) is 42.6 Å². The number of nitriles is 1. The molecule has 0 spiro atoms. The second-order valence-electron chi connectivity index (χ2n) is 20.0. The van der Waals surface area contributed by atoms with Crippen molar-refractivity contribution < 1.29 is 56.2 Å². The smallest absolute Gasteiger partial charge is 0.421 e. The number of rotatable bonds is 29. The molecule has 3 heterocycles. The van der Waals surface area contributed by atoms with E-state index in [0.717, 1.165) is 36.8 Å². The average molecular weight is 1060 g/mol. The third-order valence-electron chi connectivity index (χ3n) is 14.3. The molecule has 4 fully saturated rings. The number of nitrogens with one attached hydrogen (secondary N) is 9. The zero-order valence-corrected chi connectivity index (χ0v) is 43.9. The summed E-state index contributed by atoms with van der Waals surface area (Å²) in [7, 11) is -1.47. The normalized spacial score (nSPS) is 21.7. The van der Waals surface area contributed by atoms with Crippen molar-refractivity contribution in [2.75, 3.05) is 40.4 Å². The number of methoxy groups -OCH3 is 1. The molecular formula is C49H76N12O12S. The molecule has 1 saturated carbocycles. The Morgan fingerprint density at radius 2 is 1.55 bits per heavy atom. The molecular weight excluding hydrogens is 981 g/mol. The largest absolute Gasteiger partial charge is 0.496 e. The van der Waals surface area contributed by atoms with Crippen LogP contribution in [0.4, 0.5) is 4.79 Å². The molecule has 1 aromatic rings. The van der Waals surface area contributed by atoms with E-state index in [-0.39, 0.29) is 81.9 Å². The maximum atomic E-state index is 14.5. The van der Waals surface area contributed by atoms with Crippen molar-refractivity contribution in [3.8, 4) is 11.8 Å². The SMILES string of the molecule is CCCC(NC)C(Cc1c(C)cccc1OC)C(=O)NC(CC(C)CCOC(=O)NS(=O)(=O)N1NCCC1C(=O)N[C@@H](CC1CC1)C(=O)N[C@H](C#N)C[C@@H]1CCCNC1=O)C(=O)NC(CC1CCNC1=O)C(N)=O. The molecule has 1 aliphatic carbocycles. The van der Waals surface area contributed by atoms with Crippen LogP contribution >= 0.6 is 0 Å². The molecule has 11 N–H and O–H groups in total. The minimum Gasteiger partial charge on any atom is -0.496 e. The van der Waals surface area contributed by atoms with Crippen LogP contribution in [-0.4, -0.2) is 137 Å². The van der Waals surface area contributed by atoms with Crippen LogP contribution in [-0.2, 0) is 54.9 Å². The standard InChI is InChI=1S/C49H76N12O12S/c1-6-9-36(52-4)35(26-34-29(3)10-7-12-41(34)72-5)45(65)58-38(47(67)57-37(42(51)62)25-32-15-19-54-44(32)64)22-28(2)17-21-73-49(69)60-74(70,71)61-40(16-20-55-61)48(68)59-39(23-30-13-14-30)46(66)56-33(27-50)24-31-11-8-18-53-43(31)63/h7,10,12,28,30-33,35-40,52,55H,6,8-9,11,13-26H2,1-5H3,(H2,51,62)(H,53,63)(H,54,64)(H,56,66)(H,57,67)(H,58,65)(H,59,68)(H,60,69)/t28?,31-,32?,33-,35?,36?,37?,38?,39-,40?/m0/s1. The van der Waals surface area contributed by atoms with Gasteiger partial charge in [0.1, 0.15) is 36.0 Å². The Morgan fingerprint density at radius 3 is 2.18 bits per heavy atom. The fourth-order valence-corrected chi connectivity index (χ4v) is 11.0. The van der Waals surface area contributed by atoms with Crippen LogP contribution < -0.4 is 57.8 Å². The number of primary amides is 1. The number of hydrogen-bond donors (Lipinski definition) is 10. The lowest BCUT2D eigenvalue weighted by Gasteiger charge is -2.30. The van der Waals surface area contributed by atoms with E-state index in [1.165, 1.54) is 0 Å². The van der Waals surface area contributed by atoms with E-state index < -0.39 is 99.7 Å². The highest BCUT2D eigenvalue weighted by Crippen LogP contribution is 2.34. The van der Waals surface area contributed by atoms with Gasteiger partial charge in [-0.3, -0.25) is 33.6 Å². The lowest BCUT2D eigenvalue weighted by Crippen LogP contribution is -2.57. The summed E-state index contributed by atoms with van der Waals surface area (Å²) >= 11 is 0. The van der Waals surface area contributed by atoms with Gasteiger partial charge in [-0.1, -0.05) is 45.2 Å². The van der Waals surface area contributed by atoms with Crippen molar-refractivity contribution in [2.24, 2.45) is 35.3 Å². The Labute approximate surface area is 433 Å². The number of ether oxygens (including phenoxy) is 2. The number of amides is 8. The second kappa shape index (κ2) is 28.0. The Morgan fingerprint density at radius 1 is 0.865 bits per heavy atom. The van der Waals surface area contributed by atoms with Gasteiger partial charge in [0.25, 0.3) is 0 Å². The number of piperidine rings is 1. The van der Waals surface area contributed by atoms with Gasteiger partial charge in [0, 0.05) is 37.5 Å². The van der Waals surface area contributed by atoms with E-state index >= 15 is 0 Å². The fourth-order valence-electron chi connectivity index (χ4n) is 9.84. The van der Waals surface area contributed by atoms with Crippen LogP contribution in [0.15, 0.2) is 18.2 Å². The first-order valence-electron chi connectivity index (χ1n) is 25.8. The Bertz CT molecular complexity index is 2330. The zero-order valence-electron chi connectivity index (χ0n) is 43.1. The van der Waals surface area contributed by atoms with Gasteiger partial charge in [-0.15, -0.1) is 4.41 Å². The number of aryl methyl sites for hydroxylation is 1. The monoisotopic (exact) mass is 1060 g/mol. The molecule has 3 saturated heterocycles.